The highest BCUT2D eigenvalue weighted by Gasteiger charge is 2.49. The van der Waals surface area contributed by atoms with Gasteiger partial charge in [0.25, 0.3) is 0 Å². The lowest BCUT2D eigenvalue weighted by Crippen LogP contribution is -2.55. The molecule has 1 N–H and O–H groups in total. The molecule has 2 unspecified atom stereocenters. The molecule has 4 atom stereocenters. The lowest BCUT2D eigenvalue weighted by molar-refractivity contribution is -0.0232. The molecular weight excluding hydrogens is 254 g/mol. The van der Waals surface area contributed by atoms with Crippen LogP contribution < -0.4 is 0 Å². The summed E-state index contributed by atoms with van der Waals surface area (Å²) < 4.78 is 6.63. The smallest absolute Gasteiger partial charge is 0.192 e. The third kappa shape index (κ3) is 2.78. The van der Waals surface area contributed by atoms with Crippen LogP contribution in [0.25, 0.3) is 0 Å². The van der Waals surface area contributed by atoms with Gasteiger partial charge >= 0.3 is 0 Å². The molecule has 2 heterocycles. The monoisotopic (exact) mass is 285 g/mol. The average Bonchev–Trinajstić information content (AvgIpc) is 2.54. The predicted octanol–water partition coefficient (Wildman–Crippen LogP) is 2.85. The zero-order valence-electron chi connectivity index (χ0n) is 13.4. The van der Waals surface area contributed by atoms with E-state index in [9.17, 15) is 5.11 Å². The van der Waals surface area contributed by atoms with Crippen LogP contribution >= 0.6 is 0 Å². The molecule has 0 aromatic carbocycles. The van der Waals surface area contributed by atoms with Crippen LogP contribution in [0.2, 0.25) is 18.1 Å². The first-order valence-corrected chi connectivity index (χ1v) is 10.6. The molecule has 2 fully saturated rings. The quantitative estimate of drug-likeness (QED) is 0.809. The average molecular weight is 286 g/mol. The van der Waals surface area contributed by atoms with Crippen molar-refractivity contribution in [1.29, 1.82) is 0 Å². The first-order valence-electron chi connectivity index (χ1n) is 7.68. The van der Waals surface area contributed by atoms with Crippen molar-refractivity contribution in [3.8, 4) is 0 Å². The standard InChI is InChI=1S/C15H31NO2Si/c1-15(2,3)19(5,6)18-14-9-11-7-8-13(16(11)4)12(14)10-17/h11-14,17H,7-10H2,1-6H3/t11?,12-,13?,14+/m1/s1. The van der Waals surface area contributed by atoms with E-state index in [0.29, 0.717) is 18.0 Å². The minimum absolute atomic E-state index is 0.245. The van der Waals surface area contributed by atoms with Crippen molar-refractivity contribution in [3.05, 3.63) is 0 Å². The van der Waals surface area contributed by atoms with Crippen molar-refractivity contribution in [3.63, 3.8) is 0 Å². The lowest BCUT2D eigenvalue weighted by atomic mass is 9.88. The van der Waals surface area contributed by atoms with Crippen molar-refractivity contribution in [1.82, 2.24) is 4.90 Å². The summed E-state index contributed by atoms with van der Waals surface area (Å²) in [7, 11) is 0.482. The molecule has 112 valence electrons. The summed E-state index contributed by atoms with van der Waals surface area (Å²) in [6.45, 7) is 11.8. The van der Waals surface area contributed by atoms with Gasteiger partial charge in [0.15, 0.2) is 8.32 Å². The molecule has 0 radical (unpaired) electrons. The minimum atomic E-state index is -1.73. The fourth-order valence-electron chi connectivity index (χ4n) is 3.46. The van der Waals surface area contributed by atoms with E-state index in [1.165, 1.54) is 12.8 Å². The number of fused-ring (bicyclic) bond motifs is 2. The van der Waals surface area contributed by atoms with Crippen molar-refractivity contribution < 1.29 is 9.53 Å². The Morgan fingerprint density at radius 2 is 1.89 bits per heavy atom. The normalized spacial score (nSPS) is 36.8. The van der Waals surface area contributed by atoms with Gasteiger partial charge in [-0.05, 0) is 44.4 Å². The predicted molar refractivity (Wildman–Crippen MR) is 81.8 cm³/mol. The molecule has 2 aliphatic heterocycles. The summed E-state index contributed by atoms with van der Waals surface area (Å²) in [6, 6.07) is 1.20. The van der Waals surface area contributed by atoms with E-state index in [2.05, 4.69) is 45.8 Å². The Kier molecular flexibility index (Phi) is 4.18. The van der Waals surface area contributed by atoms with Gasteiger partial charge in [0.05, 0.1) is 6.10 Å². The molecule has 0 aliphatic carbocycles. The third-order valence-corrected chi connectivity index (χ3v) is 10.3. The fraction of sp³-hybridized carbons (Fsp3) is 1.00. The van der Waals surface area contributed by atoms with Crippen molar-refractivity contribution in [2.75, 3.05) is 13.7 Å². The van der Waals surface area contributed by atoms with Crippen LogP contribution in [0.15, 0.2) is 0 Å². The van der Waals surface area contributed by atoms with Gasteiger partial charge in [-0.2, -0.15) is 0 Å². The molecular formula is C15H31NO2Si. The summed E-state index contributed by atoms with van der Waals surface area (Å²) in [5.41, 5.74) is 0. The maximum Gasteiger partial charge on any atom is 0.192 e. The van der Waals surface area contributed by atoms with E-state index in [1.54, 1.807) is 0 Å². The third-order valence-electron chi connectivity index (χ3n) is 5.83. The van der Waals surface area contributed by atoms with Crippen LogP contribution in [0.3, 0.4) is 0 Å². The lowest BCUT2D eigenvalue weighted by Gasteiger charge is -2.47. The van der Waals surface area contributed by atoms with E-state index in [-0.39, 0.29) is 17.7 Å². The first kappa shape index (κ1) is 15.5. The highest BCUT2D eigenvalue weighted by atomic mass is 28.4. The molecule has 2 saturated heterocycles. The Labute approximate surface area is 119 Å². The minimum Gasteiger partial charge on any atom is -0.413 e. The van der Waals surface area contributed by atoms with Crippen LogP contribution in [0.5, 0.6) is 0 Å². The Morgan fingerprint density at radius 1 is 1.26 bits per heavy atom. The van der Waals surface area contributed by atoms with Crippen molar-refractivity contribution in [2.45, 2.75) is 76.4 Å². The van der Waals surface area contributed by atoms with Gasteiger partial charge in [0.2, 0.25) is 0 Å². The Morgan fingerprint density at radius 3 is 2.42 bits per heavy atom. The molecule has 2 rings (SSSR count). The van der Waals surface area contributed by atoms with Gasteiger partial charge in [-0.1, -0.05) is 20.8 Å². The Bertz CT molecular complexity index is 327. The van der Waals surface area contributed by atoms with E-state index >= 15 is 0 Å². The number of hydrogen-bond acceptors (Lipinski definition) is 3. The van der Waals surface area contributed by atoms with Gasteiger partial charge in [0, 0.05) is 24.6 Å². The SMILES string of the molecule is CN1C2CCC1[C@@H](CO)[C@@H](O[Si](C)(C)C(C)(C)C)C2. The molecule has 2 bridgehead atoms. The van der Waals surface area contributed by atoms with Gasteiger partial charge < -0.3 is 9.53 Å². The second-order valence-electron chi connectivity index (χ2n) is 7.96. The molecule has 0 spiro atoms. The van der Waals surface area contributed by atoms with Gasteiger partial charge in [0.1, 0.15) is 0 Å². The largest absolute Gasteiger partial charge is 0.413 e. The maximum atomic E-state index is 9.81. The highest BCUT2D eigenvalue weighted by Crippen LogP contribution is 2.44. The molecule has 4 heteroatoms. The van der Waals surface area contributed by atoms with E-state index in [4.69, 9.17) is 4.43 Å². The second kappa shape index (κ2) is 5.13. The topological polar surface area (TPSA) is 32.7 Å². The number of aliphatic hydroxyl groups is 1. The van der Waals surface area contributed by atoms with Crippen LogP contribution in [0.4, 0.5) is 0 Å². The van der Waals surface area contributed by atoms with Crippen molar-refractivity contribution in [2.24, 2.45) is 5.92 Å². The Balaban J connectivity index is 2.12. The zero-order valence-corrected chi connectivity index (χ0v) is 14.4. The molecule has 19 heavy (non-hydrogen) atoms. The van der Waals surface area contributed by atoms with Gasteiger partial charge in [-0.3, -0.25) is 4.90 Å². The number of nitrogens with zero attached hydrogens (tertiary/aromatic N) is 1. The van der Waals surface area contributed by atoms with Crippen LogP contribution in [-0.2, 0) is 4.43 Å². The van der Waals surface area contributed by atoms with E-state index < -0.39 is 8.32 Å². The molecule has 0 aromatic rings. The van der Waals surface area contributed by atoms with Gasteiger partial charge in [-0.15, -0.1) is 0 Å². The zero-order chi connectivity index (χ0) is 14.4. The number of aliphatic hydroxyl groups excluding tert-OH is 1. The molecule has 2 aliphatic rings. The van der Waals surface area contributed by atoms with Crippen LogP contribution in [0, 0.1) is 5.92 Å². The molecule has 0 aromatic heterocycles. The summed E-state index contributed by atoms with van der Waals surface area (Å²) in [5, 5.41) is 10.1. The summed E-state index contributed by atoms with van der Waals surface area (Å²) >= 11 is 0. The maximum absolute atomic E-state index is 9.81. The Hall–Kier alpha value is 0.0969. The number of rotatable bonds is 3. The molecule has 0 saturated carbocycles. The summed E-state index contributed by atoms with van der Waals surface area (Å²) in [6.07, 6.45) is 3.86. The highest BCUT2D eigenvalue weighted by molar-refractivity contribution is 6.74. The number of piperidine rings is 1. The molecule has 3 nitrogen and oxygen atoms in total. The first-order chi connectivity index (χ1) is 8.67. The fourth-order valence-corrected chi connectivity index (χ4v) is 4.84. The second-order valence-corrected chi connectivity index (χ2v) is 12.7. The van der Waals surface area contributed by atoms with E-state index in [0.717, 1.165) is 6.42 Å². The molecule has 0 amide bonds. The number of hydrogen-bond donors (Lipinski definition) is 1. The van der Waals surface area contributed by atoms with E-state index in [1.807, 2.05) is 0 Å². The summed E-state index contributed by atoms with van der Waals surface area (Å²) in [5.74, 6) is 0.304. The summed E-state index contributed by atoms with van der Waals surface area (Å²) in [4.78, 5) is 2.48. The van der Waals surface area contributed by atoms with Gasteiger partial charge in [-0.25, -0.2) is 0 Å². The van der Waals surface area contributed by atoms with Crippen molar-refractivity contribution >= 4 is 8.32 Å². The van der Waals surface area contributed by atoms with Crippen LogP contribution in [-0.4, -0.2) is 50.2 Å². The van der Waals surface area contributed by atoms with Crippen LogP contribution in [0.1, 0.15) is 40.0 Å².